The monoisotopic (exact) mass is 265 g/mol. The molecule has 2 atom stereocenters. The zero-order chi connectivity index (χ0) is 13.7. The van der Waals surface area contributed by atoms with Gasteiger partial charge in [0.15, 0.2) is 0 Å². The maximum atomic E-state index is 12.4. The van der Waals surface area contributed by atoms with Gasteiger partial charge in [0.25, 0.3) is 0 Å². The van der Waals surface area contributed by atoms with E-state index in [0.29, 0.717) is 12.5 Å². The Balaban J connectivity index is 1.79. The van der Waals surface area contributed by atoms with Crippen LogP contribution in [0.25, 0.3) is 0 Å². The molecule has 1 amide bonds. The fraction of sp³-hybridized carbons (Fsp3) is 0.800. The van der Waals surface area contributed by atoms with Crippen molar-refractivity contribution in [2.24, 2.45) is 5.92 Å². The van der Waals surface area contributed by atoms with Crippen LogP contribution in [0.15, 0.2) is 11.6 Å². The summed E-state index contributed by atoms with van der Waals surface area (Å²) in [6, 6.07) is 0. The van der Waals surface area contributed by atoms with Gasteiger partial charge in [0.1, 0.15) is 5.60 Å². The van der Waals surface area contributed by atoms with E-state index in [2.05, 4.69) is 6.08 Å². The van der Waals surface area contributed by atoms with E-state index in [0.717, 1.165) is 32.4 Å². The highest BCUT2D eigenvalue weighted by molar-refractivity contribution is 5.72. The van der Waals surface area contributed by atoms with Crippen molar-refractivity contribution in [2.75, 3.05) is 19.8 Å². The molecule has 3 rings (SSSR count). The third-order valence-corrected chi connectivity index (χ3v) is 4.39. The van der Waals surface area contributed by atoms with Gasteiger partial charge in [0, 0.05) is 6.54 Å². The van der Waals surface area contributed by atoms with E-state index >= 15 is 0 Å². The van der Waals surface area contributed by atoms with Gasteiger partial charge in [-0.2, -0.15) is 0 Å². The SMILES string of the molecule is CC(C)(C)OC(=O)N1CC[C@@H]2C[C@@]21C1=CCOCC1. The summed E-state index contributed by atoms with van der Waals surface area (Å²) in [6.07, 6.45) is 5.19. The first-order chi connectivity index (χ1) is 8.93. The molecule has 0 unspecified atom stereocenters. The van der Waals surface area contributed by atoms with Crippen molar-refractivity contribution in [3.63, 3.8) is 0 Å². The van der Waals surface area contributed by atoms with Crippen molar-refractivity contribution >= 4 is 6.09 Å². The first-order valence-electron chi connectivity index (χ1n) is 7.21. The Morgan fingerprint density at radius 1 is 1.53 bits per heavy atom. The van der Waals surface area contributed by atoms with Gasteiger partial charge in [-0.15, -0.1) is 0 Å². The molecule has 0 aromatic rings. The lowest BCUT2D eigenvalue weighted by molar-refractivity contribution is 0.0194. The van der Waals surface area contributed by atoms with Crippen LogP contribution < -0.4 is 0 Å². The smallest absolute Gasteiger partial charge is 0.411 e. The summed E-state index contributed by atoms with van der Waals surface area (Å²) in [5.74, 6) is 0.643. The van der Waals surface area contributed by atoms with Crippen LogP contribution in [0.4, 0.5) is 4.79 Å². The number of piperidine rings is 1. The quantitative estimate of drug-likeness (QED) is 0.684. The van der Waals surface area contributed by atoms with E-state index in [-0.39, 0.29) is 11.6 Å². The van der Waals surface area contributed by atoms with E-state index in [1.165, 1.54) is 5.57 Å². The molecule has 1 saturated carbocycles. The minimum absolute atomic E-state index is 0.0217. The molecule has 4 nitrogen and oxygen atoms in total. The minimum atomic E-state index is -0.421. The Labute approximate surface area is 114 Å². The van der Waals surface area contributed by atoms with E-state index in [9.17, 15) is 4.79 Å². The molecule has 1 aliphatic carbocycles. The molecule has 106 valence electrons. The first-order valence-corrected chi connectivity index (χ1v) is 7.21. The van der Waals surface area contributed by atoms with Crippen molar-refractivity contribution in [1.82, 2.24) is 4.90 Å². The van der Waals surface area contributed by atoms with Crippen LogP contribution in [-0.2, 0) is 9.47 Å². The largest absolute Gasteiger partial charge is 0.444 e. The van der Waals surface area contributed by atoms with Gasteiger partial charge >= 0.3 is 6.09 Å². The number of likely N-dealkylation sites (tertiary alicyclic amines) is 1. The summed E-state index contributed by atoms with van der Waals surface area (Å²) < 4.78 is 11.0. The van der Waals surface area contributed by atoms with Crippen LogP contribution in [-0.4, -0.2) is 41.9 Å². The van der Waals surface area contributed by atoms with Crippen LogP contribution in [0.5, 0.6) is 0 Å². The summed E-state index contributed by atoms with van der Waals surface area (Å²) in [5.41, 5.74) is 0.952. The standard InChI is InChI=1S/C15H23NO3/c1-14(2,3)19-13(17)16-7-4-12-10-15(12,16)11-5-8-18-9-6-11/h5,12H,4,6-10H2,1-3H3/t12-,15-/m1/s1. The van der Waals surface area contributed by atoms with Gasteiger partial charge in [-0.1, -0.05) is 6.08 Å². The molecule has 4 heteroatoms. The van der Waals surface area contributed by atoms with Crippen molar-refractivity contribution in [1.29, 1.82) is 0 Å². The van der Waals surface area contributed by atoms with Crippen molar-refractivity contribution in [2.45, 2.75) is 51.2 Å². The maximum absolute atomic E-state index is 12.4. The molecule has 0 aromatic carbocycles. The van der Waals surface area contributed by atoms with Gasteiger partial charge in [0.05, 0.1) is 18.8 Å². The summed E-state index contributed by atoms with van der Waals surface area (Å²) in [6.45, 7) is 8.06. The van der Waals surface area contributed by atoms with Gasteiger partial charge in [-0.3, -0.25) is 4.90 Å². The topological polar surface area (TPSA) is 38.8 Å². The summed E-state index contributed by atoms with van der Waals surface area (Å²) in [7, 11) is 0. The van der Waals surface area contributed by atoms with Crippen LogP contribution >= 0.6 is 0 Å². The molecule has 2 aliphatic heterocycles. The summed E-state index contributed by atoms with van der Waals surface area (Å²) in [5, 5.41) is 0. The molecule has 2 heterocycles. The Hall–Kier alpha value is -1.03. The number of nitrogens with zero attached hydrogens (tertiary/aromatic N) is 1. The molecule has 0 bridgehead atoms. The van der Waals surface area contributed by atoms with Crippen molar-refractivity contribution in [3.8, 4) is 0 Å². The Kier molecular flexibility index (Phi) is 2.89. The fourth-order valence-electron chi connectivity index (χ4n) is 3.53. The third-order valence-electron chi connectivity index (χ3n) is 4.39. The number of carbonyl (C=O) groups is 1. The minimum Gasteiger partial charge on any atom is -0.444 e. The van der Waals surface area contributed by atoms with E-state index in [1.807, 2.05) is 25.7 Å². The molecule has 2 fully saturated rings. The van der Waals surface area contributed by atoms with Gasteiger partial charge in [-0.05, 0) is 51.5 Å². The molecule has 19 heavy (non-hydrogen) atoms. The highest BCUT2D eigenvalue weighted by Crippen LogP contribution is 2.60. The second-order valence-electron chi connectivity index (χ2n) is 6.80. The molecule has 0 spiro atoms. The zero-order valence-electron chi connectivity index (χ0n) is 12.1. The summed E-state index contributed by atoms with van der Waals surface area (Å²) in [4.78, 5) is 14.4. The third kappa shape index (κ3) is 2.16. The number of amides is 1. The van der Waals surface area contributed by atoms with Crippen LogP contribution in [0.2, 0.25) is 0 Å². The predicted molar refractivity (Wildman–Crippen MR) is 71.9 cm³/mol. The zero-order valence-corrected chi connectivity index (χ0v) is 12.1. The van der Waals surface area contributed by atoms with Crippen molar-refractivity contribution < 1.29 is 14.3 Å². The second-order valence-corrected chi connectivity index (χ2v) is 6.80. The number of ether oxygens (including phenoxy) is 2. The average molecular weight is 265 g/mol. The number of rotatable bonds is 1. The molecule has 3 aliphatic rings. The van der Waals surface area contributed by atoms with Gasteiger partial charge in [0.2, 0.25) is 0 Å². The lowest BCUT2D eigenvalue weighted by Crippen LogP contribution is -2.44. The highest BCUT2D eigenvalue weighted by Gasteiger charge is 2.65. The molecular formula is C15H23NO3. The maximum Gasteiger partial charge on any atom is 0.411 e. The highest BCUT2D eigenvalue weighted by atomic mass is 16.6. The Morgan fingerprint density at radius 2 is 2.32 bits per heavy atom. The average Bonchev–Trinajstić information content (AvgIpc) is 2.95. The first kappa shape index (κ1) is 13.0. The second kappa shape index (κ2) is 4.23. The molecule has 0 N–H and O–H groups in total. The molecule has 0 radical (unpaired) electrons. The Bertz CT molecular complexity index is 424. The molecule has 1 saturated heterocycles. The van der Waals surface area contributed by atoms with E-state index in [4.69, 9.17) is 9.47 Å². The van der Waals surface area contributed by atoms with Crippen LogP contribution in [0.3, 0.4) is 0 Å². The molecule has 0 aromatic heterocycles. The van der Waals surface area contributed by atoms with E-state index < -0.39 is 5.60 Å². The number of fused-ring (bicyclic) bond motifs is 1. The fourth-order valence-corrected chi connectivity index (χ4v) is 3.53. The number of hydrogen-bond donors (Lipinski definition) is 0. The van der Waals surface area contributed by atoms with Crippen LogP contribution in [0.1, 0.15) is 40.0 Å². The number of carbonyl (C=O) groups excluding carboxylic acids is 1. The van der Waals surface area contributed by atoms with Gasteiger partial charge < -0.3 is 9.47 Å². The number of hydrogen-bond acceptors (Lipinski definition) is 3. The van der Waals surface area contributed by atoms with E-state index in [1.54, 1.807) is 0 Å². The molecular weight excluding hydrogens is 242 g/mol. The predicted octanol–water partition coefficient (Wildman–Crippen LogP) is 2.73. The lowest BCUT2D eigenvalue weighted by Gasteiger charge is -2.33. The van der Waals surface area contributed by atoms with Crippen molar-refractivity contribution in [3.05, 3.63) is 11.6 Å². The van der Waals surface area contributed by atoms with Gasteiger partial charge in [-0.25, -0.2) is 4.79 Å². The summed E-state index contributed by atoms with van der Waals surface area (Å²) >= 11 is 0. The lowest BCUT2D eigenvalue weighted by atomic mass is 9.98. The Morgan fingerprint density at radius 3 is 2.89 bits per heavy atom. The van der Waals surface area contributed by atoms with Crippen LogP contribution in [0, 0.1) is 5.92 Å². The normalized spacial score (nSPS) is 33.7.